The van der Waals surface area contributed by atoms with Gasteiger partial charge in [0.05, 0.1) is 12.0 Å². The van der Waals surface area contributed by atoms with Crippen molar-refractivity contribution in [1.82, 2.24) is 19.2 Å². The number of hydrogen-bond acceptors (Lipinski definition) is 8. The number of methoxy groups -OCH3 is 1. The van der Waals surface area contributed by atoms with Crippen LogP contribution in [0.15, 0.2) is 47.0 Å². The highest BCUT2D eigenvalue weighted by Crippen LogP contribution is 2.40. The third-order valence-corrected chi connectivity index (χ3v) is 12.1. The van der Waals surface area contributed by atoms with Gasteiger partial charge in [-0.25, -0.2) is 18.4 Å². The molecular weight excluding hydrogens is 555 g/mol. The number of allylic oxidation sites excluding steroid dienone is 4. The van der Waals surface area contributed by atoms with Crippen LogP contribution in [0.5, 0.6) is 5.88 Å². The lowest BCUT2D eigenvalue weighted by Crippen LogP contribution is -2.46. The van der Waals surface area contributed by atoms with Gasteiger partial charge in [-0.2, -0.15) is 4.31 Å². The molecule has 2 aromatic rings. The standard InChI is InChI=1S/C31H45N5O3S2/c1-5-35(6-2)25-17-19-36(20-18-25)41(37,38)26-13-11-24(12-14-26)27(21-23-9-7-8-10-23)22(3)32-31-33-28-15-16-29(39-4)34-30(28)40-31/h11,13,15-16,23,25,27H,3,5-10,12,14,17-21H2,1-2,4H3,(H,32,33). The Morgan fingerprint density at radius 2 is 1.85 bits per heavy atom. The molecule has 10 heteroatoms. The number of anilines is 1. The van der Waals surface area contributed by atoms with Crippen LogP contribution in [0.3, 0.4) is 0 Å². The Bertz CT molecular complexity index is 1380. The summed E-state index contributed by atoms with van der Waals surface area (Å²) in [7, 11) is -1.83. The summed E-state index contributed by atoms with van der Waals surface area (Å²) in [4.78, 5) is 13.1. The molecule has 8 nitrogen and oxygen atoms in total. The average molecular weight is 600 g/mol. The van der Waals surface area contributed by atoms with Crippen molar-refractivity contribution in [2.75, 3.05) is 38.6 Å². The fraction of sp³-hybridized carbons (Fsp3) is 0.613. The van der Waals surface area contributed by atoms with E-state index in [2.05, 4.69) is 41.7 Å². The van der Waals surface area contributed by atoms with Crippen molar-refractivity contribution in [3.05, 3.63) is 47.0 Å². The Hall–Kier alpha value is -2.27. The number of piperidine rings is 1. The van der Waals surface area contributed by atoms with E-state index in [-0.39, 0.29) is 5.92 Å². The number of nitrogens with one attached hydrogen (secondary N) is 1. The summed E-state index contributed by atoms with van der Waals surface area (Å²) in [6, 6.07) is 4.22. The number of hydrogen-bond donors (Lipinski definition) is 1. The van der Waals surface area contributed by atoms with Gasteiger partial charge in [0, 0.05) is 36.8 Å². The van der Waals surface area contributed by atoms with Crippen molar-refractivity contribution < 1.29 is 13.2 Å². The number of ether oxygens (including phenoxy) is 1. The van der Waals surface area contributed by atoms with Crippen molar-refractivity contribution >= 4 is 36.8 Å². The molecule has 2 aliphatic carbocycles. The van der Waals surface area contributed by atoms with Gasteiger partial charge in [0.25, 0.3) is 0 Å². The summed E-state index contributed by atoms with van der Waals surface area (Å²) >= 11 is 1.49. The van der Waals surface area contributed by atoms with E-state index < -0.39 is 10.0 Å². The first kappa shape index (κ1) is 30.2. The summed E-state index contributed by atoms with van der Waals surface area (Å²) in [5.74, 6) is 1.38. The summed E-state index contributed by atoms with van der Waals surface area (Å²) < 4.78 is 34.1. The molecule has 5 rings (SSSR count). The van der Waals surface area contributed by atoms with Crippen LogP contribution in [0.2, 0.25) is 0 Å². The number of pyridine rings is 1. The van der Waals surface area contributed by atoms with Gasteiger partial charge in [-0.05, 0) is 63.3 Å². The van der Waals surface area contributed by atoms with Crippen LogP contribution >= 0.6 is 11.3 Å². The SMILES string of the molecule is C=C(Nc1nc2ccc(OC)nc2s1)C(CC1CCCC1)C1=CC=C(S(=O)(=O)N2CCC(N(CC)CC)CC2)CC1. The molecule has 0 amide bonds. The van der Waals surface area contributed by atoms with Crippen LogP contribution in [0.25, 0.3) is 10.3 Å². The molecule has 1 N–H and O–H groups in total. The minimum atomic E-state index is -3.44. The highest BCUT2D eigenvalue weighted by Gasteiger charge is 2.34. The number of sulfonamides is 1. The van der Waals surface area contributed by atoms with E-state index in [1.165, 1.54) is 42.6 Å². The van der Waals surface area contributed by atoms with E-state index in [4.69, 9.17) is 9.72 Å². The normalized spacial score (nSPS) is 20.3. The lowest BCUT2D eigenvalue weighted by molar-refractivity contribution is 0.152. The number of aromatic nitrogens is 2. The summed E-state index contributed by atoms with van der Waals surface area (Å²) in [6.45, 7) is 12.1. The minimum absolute atomic E-state index is 0.137. The third kappa shape index (κ3) is 6.87. The Labute approximate surface area is 249 Å². The minimum Gasteiger partial charge on any atom is -0.481 e. The van der Waals surface area contributed by atoms with Gasteiger partial charge in [0.15, 0.2) is 5.13 Å². The van der Waals surface area contributed by atoms with Crippen LogP contribution < -0.4 is 10.1 Å². The van der Waals surface area contributed by atoms with Crippen molar-refractivity contribution in [2.24, 2.45) is 11.8 Å². The van der Waals surface area contributed by atoms with Crippen molar-refractivity contribution in [1.29, 1.82) is 0 Å². The van der Waals surface area contributed by atoms with E-state index in [0.717, 1.165) is 59.9 Å². The Balaban J connectivity index is 1.30. The van der Waals surface area contributed by atoms with Gasteiger partial charge >= 0.3 is 0 Å². The zero-order chi connectivity index (χ0) is 29.0. The van der Waals surface area contributed by atoms with Gasteiger partial charge in [-0.15, -0.1) is 0 Å². The predicted molar refractivity (Wildman–Crippen MR) is 169 cm³/mol. The molecule has 224 valence electrons. The van der Waals surface area contributed by atoms with E-state index in [0.29, 0.717) is 42.3 Å². The molecule has 1 aliphatic heterocycles. The molecule has 3 aliphatic rings. The Morgan fingerprint density at radius 3 is 2.49 bits per heavy atom. The van der Waals surface area contributed by atoms with E-state index >= 15 is 0 Å². The third-order valence-electron chi connectivity index (χ3n) is 9.19. The van der Waals surface area contributed by atoms with Crippen LogP contribution in [-0.2, 0) is 10.0 Å². The molecule has 2 aromatic heterocycles. The molecule has 0 radical (unpaired) electrons. The van der Waals surface area contributed by atoms with E-state index in [1.54, 1.807) is 11.4 Å². The van der Waals surface area contributed by atoms with Crippen molar-refractivity contribution in [2.45, 2.75) is 77.7 Å². The molecule has 41 heavy (non-hydrogen) atoms. The fourth-order valence-corrected chi connectivity index (χ4v) is 9.27. The van der Waals surface area contributed by atoms with E-state index in [9.17, 15) is 8.42 Å². The van der Waals surface area contributed by atoms with Gasteiger partial charge in [-0.3, -0.25) is 0 Å². The maximum absolute atomic E-state index is 13.6. The molecule has 3 heterocycles. The molecule has 1 atom stereocenters. The number of rotatable bonds is 12. The molecule has 0 aromatic carbocycles. The number of nitrogens with zero attached hydrogens (tertiary/aromatic N) is 4. The average Bonchev–Trinajstić information content (AvgIpc) is 3.66. The lowest BCUT2D eigenvalue weighted by Gasteiger charge is -2.37. The van der Waals surface area contributed by atoms with Gasteiger partial charge in [0.1, 0.15) is 10.3 Å². The fourth-order valence-electron chi connectivity index (χ4n) is 6.78. The molecule has 2 fully saturated rings. The second-order valence-corrected chi connectivity index (χ2v) is 14.5. The van der Waals surface area contributed by atoms with Crippen molar-refractivity contribution in [3.8, 4) is 5.88 Å². The number of thiazole rings is 1. The highest BCUT2D eigenvalue weighted by atomic mass is 32.2. The zero-order valence-electron chi connectivity index (χ0n) is 24.8. The quantitative estimate of drug-likeness (QED) is 0.296. The molecule has 1 saturated carbocycles. The van der Waals surface area contributed by atoms with Gasteiger partial charge < -0.3 is 15.0 Å². The lowest BCUT2D eigenvalue weighted by atomic mass is 9.82. The smallest absolute Gasteiger partial charge is 0.239 e. The van der Waals surface area contributed by atoms with Gasteiger partial charge in [0.2, 0.25) is 15.9 Å². The van der Waals surface area contributed by atoms with Crippen LogP contribution in [0.1, 0.15) is 71.6 Å². The summed E-state index contributed by atoms with van der Waals surface area (Å²) in [6.07, 6.45) is 13.1. The molecule has 1 saturated heterocycles. The van der Waals surface area contributed by atoms with Crippen LogP contribution in [0, 0.1) is 11.8 Å². The second-order valence-electron chi connectivity index (χ2n) is 11.5. The topological polar surface area (TPSA) is 87.7 Å². The molecule has 1 unspecified atom stereocenters. The Morgan fingerprint density at radius 1 is 1.12 bits per heavy atom. The monoisotopic (exact) mass is 599 g/mol. The molecule has 0 bridgehead atoms. The molecule has 0 spiro atoms. The predicted octanol–water partition coefficient (Wildman–Crippen LogP) is 6.56. The zero-order valence-corrected chi connectivity index (χ0v) is 26.4. The van der Waals surface area contributed by atoms with Gasteiger partial charge in [-0.1, -0.05) is 69.1 Å². The molecular formula is C31H45N5O3S2. The van der Waals surface area contributed by atoms with Crippen LogP contribution in [-0.4, -0.2) is 66.9 Å². The first-order valence-electron chi connectivity index (χ1n) is 15.2. The summed E-state index contributed by atoms with van der Waals surface area (Å²) in [5, 5.41) is 4.27. The first-order chi connectivity index (χ1) is 19.8. The highest BCUT2D eigenvalue weighted by molar-refractivity contribution is 7.93. The van der Waals surface area contributed by atoms with E-state index in [1.807, 2.05) is 18.2 Å². The maximum Gasteiger partial charge on any atom is 0.239 e. The first-order valence-corrected chi connectivity index (χ1v) is 17.5. The second kappa shape index (κ2) is 13.4. The number of fused-ring (bicyclic) bond motifs is 1. The maximum atomic E-state index is 13.6. The Kier molecular flexibility index (Phi) is 9.84. The summed E-state index contributed by atoms with van der Waals surface area (Å²) in [5.41, 5.74) is 3.01. The van der Waals surface area contributed by atoms with Crippen LogP contribution in [0.4, 0.5) is 5.13 Å². The largest absolute Gasteiger partial charge is 0.481 e. The van der Waals surface area contributed by atoms with Crippen molar-refractivity contribution in [3.63, 3.8) is 0 Å².